The van der Waals surface area contributed by atoms with Crippen molar-refractivity contribution >= 4 is 23.3 Å². The summed E-state index contributed by atoms with van der Waals surface area (Å²) in [5.74, 6) is 0. The van der Waals surface area contributed by atoms with Gasteiger partial charge in [-0.25, -0.2) is 9.78 Å². The molecule has 24 heavy (non-hydrogen) atoms. The Morgan fingerprint density at radius 1 is 1.38 bits per heavy atom. The molecule has 2 amide bonds. The number of hydrogen-bond acceptors (Lipinski definition) is 3. The van der Waals surface area contributed by atoms with Crippen molar-refractivity contribution in [2.75, 3.05) is 13.1 Å². The second-order valence-corrected chi connectivity index (χ2v) is 7.33. The molecule has 1 saturated heterocycles. The normalized spacial score (nSPS) is 25.8. The predicted octanol–water partition coefficient (Wildman–Crippen LogP) is 2.32. The highest BCUT2D eigenvalue weighted by atomic mass is 35.5. The minimum Gasteiger partial charge on any atom is -0.338 e. The summed E-state index contributed by atoms with van der Waals surface area (Å²) in [5, 5.41) is 10.2. The number of aromatic nitrogens is 2. The van der Waals surface area contributed by atoms with E-state index < -0.39 is 0 Å². The first kappa shape index (κ1) is 15.7. The topological polar surface area (TPSA) is 70.5 Å². The zero-order valence-electron chi connectivity index (χ0n) is 13.5. The molecule has 2 atom stereocenters. The first-order valence-electron chi connectivity index (χ1n) is 8.53. The zero-order chi connectivity index (χ0) is 16.6. The van der Waals surface area contributed by atoms with Crippen LogP contribution in [0.25, 0.3) is 5.65 Å². The molecule has 3 N–H and O–H groups in total. The highest BCUT2D eigenvalue weighted by Gasteiger charge is 2.45. The van der Waals surface area contributed by atoms with E-state index in [1.54, 1.807) is 12.3 Å². The molecular formula is C17H22ClN5O. The largest absolute Gasteiger partial charge is 0.338 e. The monoisotopic (exact) mass is 347 g/mol. The number of amides is 2. The maximum atomic E-state index is 12.1. The molecule has 1 aliphatic heterocycles. The summed E-state index contributed by atoms with van der Waals surface area (Å²) in [4.78, 5) is 16.6. The van der Waals surface area contributed by atoms with Crippen LogP contribution in [0.5, 0.6) is 0 Å². The van der Waals surface area contributed by atoms with E-state index in [0.717, 1.165) is 30.9 Å². The Hall–Kier alpha value is -1.79. The molecule has 4 rings (SSSR count). The molecule has 2 aromatic heterocycles. The van der Waals surface area contributed by atoms with Crippen LogP contribution in [0.3, 0.4) is 0 Å². The van der Waals surface area contributed by atoms with E-state index in [9.17, 15) is 4.79 Å². The van der Waals surface area contributed by atoms with Crippen LogP contribution >= 0.6 is 11.6 Å². The van der Waals surface area contributed by atoms with E-state index in [4.69, 9.17) is 11.6 Å². The third-order valence-electron chi connectivity index (χ3n) is 5.42. The van der Waals surface area contributed by atoms with Gasteiger partial charge in [-0.2, -0.15) is 0 Å². The molecular weight excluding hydrogens is 326 g/mol. The van der Waals surface area contributed by atoms with Gasteiger partial charge in [0.25, 0.3) is 0 Å². The molecule has 128 valence electrons. The molecule has 1 saturated carbocycles. The molecule has 0 unspecified atom stereocenters. The highest BCUT2D eigenvalue weighted by Crippen LogP contribution is 2.43. The molecule has 0 radical (unpaired) electrons. The average molecular weight is 348 g/mol. The van der Waals surface area contributed by atoms with Gasteiger partial charge in [0, 0.05) is 30.4 Å². The number of pyridine rings is 1. The number of nitrogens with one attached hydrogen (secondary N) is 3. The SMILES string of the molecule is O=C(NCc1cn2cc(Cl)ccc2n1)NC[C@]12CCC[C@H]1NCC2. The van der Waals surface area contributed by atoms with Crippen molar-refractivity contribution in [3.05, 3.63) is 35.2 Å². The van der Waals surface area contributed by atoms with Crippen LogP contribution in [0.1, 0.15) is 31.4 Å². The van der Waals surface area contributed by atoms with E-state index in [0.29, 0.717) is 17.6 Å². The third-order valence-corrected chi connectivity index (χ3v) is 5.64. The number of imidazole rings is 1. The zero-order valence-corrected chi connectivity index (χ0v) is 14.3. The van der Waals surface area contributed by atoms with Crippen LogP contribution < -0.4 is 16.0 Å². The summed E-state index contributed by atoms with van der Waals surface area (Å²) in [6.07, 6.45) is 8.54. The van der Waals surface area contributed by atoms with Crippen molar-refractivity contribution in [1.82, 2.24) is 25.3 Å². The molecule has 2 fully saturated rings. The molecule has 6 nitrogen and oxygen atoms in total. The van der Waals surface area contributed by atoms with Gasteiger partial charge in [0.05, 0.1) is 17.3 Å². The fraction of sp³-hybridized carbons (Fsp3) is 0.529. The number of carbonyl (C=O) groups excluding carboxylic acids is 1. The van der Waals surface area contributed by atoms with E-state index in [1.165, 1.54) is 19.3 Å². The Morgan fingerprint density at radius 3 is 3.21 bits per heavy atom. The van der Waals surface area contributed by atoms with Crippen LogP contribution in [0.15, 0.2) is 24.5 Å². The molecule has 2 aliphatic rings. The molecule has 7 heteroatoms. The van der Waals surface area contributed by atoms with Gasteiger partial charge >= 0.3 is 6.03 Å². The quantitative estimate of drug-likeness (QED) is 0.795. The Labute approximate surface area is 146 Å². The van der Waals surface area contributed by atoms with Crippen LogP contribution in [0.4, 0.5) is 4.79 Å². The number of fused-ring (bicyclic) bond motifs is 2. The maximum absolute atomic E-state index is 12.1. The highest BCUT2D eigenvalue weighted by molar-refractivity contribution is 6.30. The molecule has 0 spiro atoms. The molecule has 0 bridgehead atoms. The van der Waals surface area contributed by atoms with Crippen molar-refractivity contribution in [1.29, 1.82) is 0 Å². The van der Waals surface area contributed by atoms with Crippen LogP contribution in [0, 0.1) is 5.41 Å². The summed E-state index contributed by atoms with van der Waals surface area (Å²) in [5.41, 5.74) is 1.89. The van der Waals surface area contributed by atoms with Gasteiger partial charge in [-0.1, -0.05) is 18.0 Å². The van der Waals surface area contributed by atoms with E-state index >= 15 is 0 Å². The molecule has 1 aliphatic carbocycles. The van der Waals surface area contributed by atoms with Gasteiger partial charge in [0.15, 0.2) is 0 Å². The number of hydrogen-bond donors (Lipinski definition) is 3. The fourth-order valence-electron chi connectivity index (χ4n) is 4.14. The number of halogens is 1. The Bertz CT molecular complexity index is 749. The summed E-state index contributed by atoms with van der Waals surface area (Å²) in [6, 6.07) is 4.11. The molecule has 2 aromatic rings. The lowest BCUT2D eigenvalue weighted by Gasteiger charge is -2.28. The molecule has 3 heterocycles. The number of carbonyl (C=O) groups is 1. The lowest BCUT2D eigenvalue weighted by molar-refractivity contribution is 0.225. The number of rotatable bonds is 4. The standard InChI is InChI=1S/C17H22ClN5O/c18-12-3-4-15-22-13(10-23(15)9-12)8-20-16(24)21-11-17-5-1-2-14(17)19-7-6-17/h3-4,9-10,14,19H,1-2,5-8,11H2,(H2,20,21,24)/t14-,17-/m1/s1. The van der Waals surface area contributed by atoms with Crippen molar-refractivity contribution in [3.8, 4) is 0 Å². The number of nitrogens with zero attached hydrogens (tertiary/aromatic N) is 2. The van der Waals surface area contributed by atoms with Crippen molar-refractivity contribution in [3.63, 3.8) is 0 Å². The average Bonchev–Trinajstić information content (AvgIpc) is 3.23. The van der Waals surface area contributed by atoms with Crippen LogP contribution in [-0.4, -0.2) is 34.5 Å². The van der Waals surface area contributed by atoms with Gasteiger partial charge in [0.2, 0.25) is 0 Å². The van der Waals surface area contributed by atoms with Gasteiger partial charge in [-0.15, -0.1) is 0 Å². The maximum Gasteiger partial charge on any atom is 0.315 e. The van der Waals surface area contributed by atoms with Crippen LogP contribution in [0.2, 0.25) is 5.02 Å². The Balaban J connectivity index is 1.31. The predicted molar refractivity (Wildman–Crippen MR) is 93.1 cm³/mol. The van der Waals surface area contributed by atoms with E-state index in [2.05, 4.69) is 20.9 Å². The van der Waals surface area contributed by atoms with E-state index in [-0.39, 0.29) is 11.4 Å². The van der Waals surface area contributed by atoms with Gasteiger partial charge < -0.3 is 20.4 Å². The van der Waals surface area contributed by atoms with Crippen molar-refractivity contribution in [2.24, 2.45) is 5.41 Å². The van der Waals surface area contributed by atoms with Gasteiger partial charge in [0.1, 0.15) is 5.65 Å². The first-order chi connectivity index (χ1) is 11.6. The van der Waals surface area contributed by atoms with Crippen LogP contribution in [-0.2, 0) is 6.54 Å². The first-order valence-corrected chi connectivity index (χ1v) is 8.91. The minimum absolute atomic E-state index is 0.128. The minimum atomic E-state index is -0.128. The Morgan fingerprint density at radius 2 is 2.29 bits per heavy atom. The second-order valence-electron chi connectivity index (χ2n) is 6.89. The summed E-state index contributed by atoms with van der Waals surface area (Å²) >= 11 is 5.97. The summed E-state index contributed by atoms with van der Waals surface area (Å²) < 4.78 is 1.86. The smallest absolute Gasteiger partial charge is 0.315 e. The Kier molecular flexibility index (Phi) is 4.10. The van der Waals surface area contributed by atoms with Crippen molar-refractivity contribution in [2.45, 2.75) is 38.3 Å². The van der Waals surface area contributed by atoms with Gasteiger partial charge in [-0.3, -0.25) is 0 Å². The molecule has 0 aromatic carbocycles. The summed E-state index contributed by atoms with van der Waals surface area (Å²) in [6.45, 7) is 2.22. The summed E-state index contributed by atoms with van der Waals surface area (Å²) in [7, 11) is 0. The third kappa shape index (κ3) is 2.96. The second kappa shape index (κ2) is 6.26. The van der Waals surface area contributed by atoms with E-state index in [1.807, 2.05) is 16.7 Å². The fourth-order valence-corrected chi connectivity index (χ4v) is 4.31. The number of urea groups is 1. The van der Waals surface area contributed by atoms with Gasteiger partial charge in [-0.05, 0) is 37.9 Å². The lowest BCUT2D eigenvalue weighted by atomic mass is 9.82. The van der Waals surface area contributed by atoms with Crippen molar-refractivity contribution < 1.29 is 4.79 Å². The lowest BCUT2D eigenvalue weighted by Crippen LogP contribution is -2.45.